The van der Waals surface area contributed by atoms with Gasteiger partial charge in [0.05, 0.1) is 38.2 Å². The molecule has 0 aliphatic carbocycles. The van der Waals surface area contributed by atoms with E-state index >= 15 is 0 Å². The normalized spacial score (nSPS) is 10.8. The molecule has 0 fully saturated rings. The Balaban J connectivity index is 1.83. The molecule has 2 heterocycles. The van der Waals surface area contributed by atoms with E-state index in [4.69, 9.17) is 0 Å². The zero-order valence-electron chi connectivity index (χ0n) is 16.0. The van der Waals surface area contributed by atoms with Gasteiger partial charge in [-0.15, -0.1) is 0 Å². The minimum Gasteiger partial charge on any atom is -0.279 e. The molecule has 32 heavy (non-hydrogen) atoms. The van der Waals surface area contributed by atoms with Gasteiger partial charge in [0.1, 0.15) is 0 Å². The number of nitro benzene ring substituents is 2. The molecule has 4 rings (SSSR count). The van der Waals surface area contributed by atoms with E-state index in [0.29, 0.717) is 16.2 Å². The average Bonchev–Trinajstić information content (AvgIpc) is 3.20. The van der Waals surface area contributed by atoms with Crippen LogP contribution in [0.15, 0.2) is 65.4 Å². The summed E-state index contributed by atoms with van der Waals surface area (Å²) in [5, 5.41) is 22.9. The van der Waals surface area contributed by atoms with Gasteiger partial charge in [0.25, 0.3) is 17.3 Å². The van der Waals surface area contributed by atoms with Gasteiger partial charge in [-0.1, -0.05) is 33.3 Å². The highest BCUT2D eigenvalue weighted by Gasteiger charge is 2.26. The fourth-order valence-electron chi connectivity index (χ4n) is 2.99. The number of nitrogens with zero attached hydrogens (tertiary/aromatic N) is 5. The van der Waals surface area contributed by atoms with E-state index in [1.165, 1.54) is 16.2 Å². The third-order valence-electron chi connectivity index (χ3n) is 4.45. The molecule has 0 saturated heterocycles. The highest BCUT2D eigenvalue weighted by Crippen LogP contribution is 2.33. The first-order valence-corrected chi connectivity index (χ1v) is 10.6. The summed E-state index contributed by atoms with van der Waals surface area (Å²) in [4.78, 5) is 44.4. The first-order valence-electron chi connectivity index (χ1n) is 9.02. The summed E-state index contributed by atoms with van der Waals surface area (Å²) in [5.41, 5.74) is 0.0906. The largest absolute Gasteiger partial charge is 0.279 e. The number of halogens is 1. The van der Waals surface area contributed by atoms with Crippen LogP contribution >= 0.6 is 27.3 Å². The predicted octanol–water partition coefficient (Wildman–Crippen LogP) is 5.12. The SMILES string of the molecule is O=C(c1cc([N+](=O)[O-])cc([N+](=O)[O-])c1)N(Cc1cccnc1)c1nc2ccc(Br)cc2s1. The van der Waals surface area contributed by atoms with Crippen LogP contribution in [-0.2, 0) is 6.54 Å². The van der Waals surface area contributed by atoms with Crippen LogP contribution in [-0.4, -0.2) is 25.7 Å². The van der Waals surface area contributed by atoms with Crippen molar-refractivity contribution < 1.29 is 14.6 Å². The van der Waals surface area contributed by atoms with Crippen molar-refractivity contribution in [1.29, 1.82) is 0 Å². The summed E-state index contributed by atoms with van der Waals surface area (Å²) < 4.78 is 1.67. The third kappa shape index (κ3) is 4.45. The Hall–Kier alpha value is -3.77. The molecule has 10 nitrogen and oxygen atoms in total. The van der Waals surface area contributed by atoms with Crippen molar-refractivity contribution in [1.82, 2.24) is 9.97 Å². The van der Waals surface area contributed by atoms with Crippen LogP contribution in [0.2, 0.25) is 0 Å². The summed E-state index contributed by atoms with van der Waals surface area (Å²) in [6.45, 7) is 0.0736. The van der Waals surface area contributed by atoms with Crippen LogP contribution < -0.4 is 4.90 Å². The van der Waals surface area contributed by atoms with Gasteiger partial charge < -0.3 is 0 Å². The van der Waals surface area contributed by atoms with Crippen molar-refractivity contribution in [2.75, 3.05) is 4.90 Å². The summed E-state index contributed by atoms with van der Waals surface area (Å²) in [7, 11) is 0. The van der Waals surface area contributed by atoms with E-state index in [0.717, 1.165) is 27.4 Å². The van der Waals surface area contributed by atoms with Gasteiger partial charge in [-0.3, -0.25) is 34.9 Å². The van der Waals surface area contributed by atoms with Gasteiger partial charge in [-0.25, -0.2) is 4.98 Å². The minimum absolute atomic E-state index is 0.0736. The number of carbonyl (C=O) groups is 1. The van der Waals surface area contributed by atoms with E-state index in [2.05, 4.69) is 25.9 Å². The molecule has 0 aliphatic rings. The zero-order chi connectivity index (χ0) is 22.8. The van der Waals surface area contributed by atoms with Crippen LogP contribution in [0.5, 0.6) is 0 Å². The van der Waals surface area contributed by atoms with Crippen LogP contribution in [0.25, 0.3) is 10.2 Å². The van der Waals surface area contributed by atoms with Crippen molar-refractivity contribution in [3.63, 3.8) is 0 Å². The Morgan fingerprint density at radius 3 is 2.41 bits per heavy atom. The maximum absolute atomic E-state index is 13.5. The van der Waals surface area contributed by atoms with Crippen molar-refractivity contribution in [3.8, 4) is 0 Å². The fourth-order valence-corrected chi connectivity index (χ4v) is 4.50. The highest BCUT2D eigenvalue weighted by atomic mass is 79.9. The lowest BCUT2D eigenvalue weighted by Gasteiger charge is -2.20. The van der Waals surface area contributed by atoms with Crippen LogP contribution in [0, 0.1) is 20.2 Å². The molecule has 0 N–H and O–H groups in total. The fraction of sp³-hybridized carbons (Fsp3) is 0.0500. The lowest BCUT2D eigenvalue weighted by atomic mass is 10.1. The Kier molecular flexibility index (Phi) is 5.88. The first kappa shape index (κ1) is 21.5. The van der Waals surface area contributed by atoms with Gasteiger partial charge in [-0.05, 0) is 29.8 Å². The molecule has 0 saturated carbocycles. The summed E-state index contributed by atoms with van der Waals surface area (Å²) in [6.07, 6.45) is 3.18. The second-order valence-electron chi connectivity index (χ2n) is 6.61. The molecule has 0 bridgehead atoms. The molecular weight excluding hydrogens is 502 g/mol. The molecule has 4 aromatic rings. The average molecular weight is 514 g/mol. The Labute approximate surface area is 192 Å². The van der Waals surface area contributed by atoms with Crippen molar-refractivity contribution in [3.05, 3.63) is 96.8 Å². The molecule has 12 heteroatoms. The van der Waals surface area contributed by atoms with Gasteiger partial charge in [0.15, 0.2) is 5.13 Å². The topological polar surface area (TPSA) is 132 Å². The monoisotopic (exact) mass is 513 g/mol. The van der Waals surface area contributed by atoms with Crippen LogP contribution in [0.1, 0.15) is 15.9 Å². The van der Waals surface area contributed by atoms with Gasteiger partial charge in [0, 0.05) is 29.0 Å². The number of thiazole rings is 1. The maximum Gasteiger partial charge on any atom is 0.277 e. The van der Waals surface area contributed by atoms with Crippen molar-refractivity contribution in [2.45, 2.75) is 6.54 Å². The van der Waals surface area contributed by atoms with Crippen molar-refractivity contribution in [2.24, 2.45) is 0 Å². The summed E-state index contributed by atoms with van der Waals surface area (Å²) >= 11 is 4.66. The second kappa shape index (κ2) is 8.77. The number of hydrogen-bond donors (Lipinski definition) is 0. The molecule has 2 aromatic carbocycles. The lowest BCUT2D eigenvalue weighted by Crippen LogP contribution is -2.30. The molecule has 160 valence electrons. The first-order chi connectivity index (χ1) is 15.3. The number of nitro groups is 2. The molecule has 0 unspecified atom stereocenters. The van der Waals surface area contributed by atoms with E-state index in [-0.39, 0.29) is 12.1 Å². The molecule has 0 radical (unpaired) electrons. The second-order valence-corrected chi connectivity index (χ2v) is 8.54. The Morgan fingerprint density at radius 2 is 1.78 bits per heavy atom. The number of rotatable bonds is 6. The molecule has 0 aliphatic heterocycles. The molecule has 2 aromatic heterocycles. The minimum atomic E-state index is -0.773. The van der Waals surface area contributed by atoms with E-state index in [9.17, 15) is 25.0 Å². The predicted molar refractivity (Wildman–Crippen MR) is 122 cm³/mol. The number of pyridine rings is 1. The molecule has 0 spiro atoms. The lowest BCUT2D eigenvalue weighted by molar-refractivity contribution is -0.394. The van der Waals surface area contributed by atoms with E-state index in [1.807, 2.05) is 12.1 Å². The van der Waals surface area contributed by atoms with Crippen molar-refractivity contribution >= 4 is 59.9 Å². The summed E-state index contributed by atoms with van der Waals surface area (Å²) in [5.74, 6) is -0.654. The number of carbonyl (C=O) groups excluding carboxylic acids is 1. The van der Waals surface area contributed by atoms with E-state index in [1.54, 1.807) is 30.6 Å². The molecule has 0 atom stereocenters. The highest BCUT2D eigenvalue weighted by molar-refractivity contribution is 9.10. The number of fused-ring (bicyclic) bond motifs is 1. The summed E-state index contributed by atoms with van der Waals surface area (Å²) in [6, 6.07) is 11.8. The number of amides is 1. The Bertz CT molecular complexity index is 1330. The number of aromatic nitrogens is 2. The van der Waals surface area contributed by atoms with E-state index < -0.39 is 27.1 Å². The number of hydrogen-bond acceptors (Lipinski definition) is 8. The quantitative estimate of drug-likeness (QED) is 0.258. The zero-order valence-corrected chi connectivity index (χ0v) is 18.4. The van der Waals surface area contributed by atoms with Gasteiger partial charge >= 0.3 is 0 Å². The molecular formula is C20H12BrN5O5S. The third-order valence-corrected chi connectivity index (χ3v) is 5.98. The van der Waals surface area contributed by atoms with Crippen LogP contribution in [0.3, 0.4) is 0 Å². The number of benzene rings is 2. The van der Waals surface area contributed by atoms with Crippen LogP contribution in [0.4, 0.5) is 16.5 Å². The smallest absolute Gasteiger partial charge is 0.277 e. The molecule has 1 amide bonds. The number of anilines is 1. The number of non-ortho nitro benzene ring substituents is 2. The standard InChI is InChI=1S/C20H12BrN5O5S/c21-14-3-4-17-18(8-14)32-20(23-17)24(11-12-2-1-5-22-10-12)19(27)13-6-15(25(28)29)9-16(7-13)26(30)31/h1-10H,11H2. The van der Waals surface area contributed by atoms with Gasteiger partial charge in [-0.2, -0.15) is 0 Å². The van der Waals surface area contributed by atoms with Gasteiger partial charge in [0.2, 0.25) is 0 Å². The maximum atomic E-state index is 13.5. The Morgan fingerprint density at radius 1 is 1.06 bits per heavy atom.